The van der Waals surface area contributed by atoms with Crippen LogP contribution in [0.2, 0.25) is 0 Å². The SMILES string of the molecule is CC(C)(CO)C/C=C(\O)NC(=O)C(C)(C)NCCCC(F)(F)F. The monoisotopic (exact) mass is 340 g/mol. The maximum Gasteiger partial charge on any atom is 0.389 e. The van der Waals surface area contributed by atoms with Crippen LogP contribution in [0.1, 0.15) is 47.0 Å². The third-order valence-corrected chi connectivity index (χ3v) is 3.29. The van der Waals surface area contributed by atoms with Gasteiger partial charge in [0.1, 0.15) is 0 Å². The summed E-state index contributed by atoms with van der Waals surface area (Å²) in [6.07, 6.45) is -3.52. The molecule has 0 aliphatic heterocycles. The minimum absolute atomic E-state index is 0.0297. The van der Waals surface area contributed by atoms with E-state index >= 15 is 0 Å². The molecule has 0 saturated heterocycles. The van der Waals surface area contributed by atoms with Crippen LogP contribution in [-0.4, -0.2) is 41.0 Å². The summed E-state index contributed by atoms with van der Waals surface area (Å²) in [6.45, 7) is 6.58. The lowest BCUT2D eigenvalue weighted by Gasteiger charge is -2.25. The first-order valence-corrected chi connectivity index (χ1v) is 7.42. The standard InChI is InChI=1S/C15H27F3N2O3/c1-13(2,10-21)8-6-11(22)20-12(23)14(3,4)19-9-5-7-15(16,17)18/h6,19,21-22H,5,7-10H2,1-4H3,(H,20,23)/b11-6-. The van der Waals surface area contributed by atoms with Crippen molar-refractivity contribution in [2.45, 2.75) is 58.7 Å². The van der Waals surface area contributed by atoms with Gasteiger partial charge < -0.3 is 15.5 Å². The molecule has 136 valence electrons. The molecule has 4 N–H and O–H groups in total. The van der Waals surface area contributed by atoms with Gasteiger partial charge in [0.05, 0.1) is 5.54 Å². The number of amides is 1. The number of carbonyl (C=O) groups excluding carboxylic acids is 1. The Balaban J connectivity index is 4.38. The number of aliphatic hydroxyl groups excluding tert-OH is 2. The zero-order valence-electron chi connectivity index (χ0n) is 14.0. The Hall–Kier alpha value is -1.28. The van der Waals surface area contributed by atoms with Crippen LogP contribution in [0.3, 0.4) is 0 Å². The third-order valence-electron chi connectivity index (χ3n) is 3.29. The molecular formula is C15H27F3N2O3. The molecule has 8 heteroatoms. The smallest absolute Gasteiger partial charge is 0.389 e. The van der Waals surface area contributed by atoms with E-state index in [4.69, 9.17) is 5.11 Å². The molecule has 0 spiro atoms. The maximum atomic E-state index is 12.1. The minimum Gasteiger partial charge on any atom is -0.495 e. The Morgan fingerprint density at radius 1 is 1.17 bits per heavy atom. The Morgan fingerprint density at radius 2 is 1.74 bits per heavy atom. The fourth-order valence-corrected chi connectivity index (χ4v) is 1.53. The fourth-order valence-electron chi connectivity index (χ4n) is 1.53. The molecule has 0 fully saturated rings. The van der Waals surface area contributed by atoms with E-state index in [0.717, 1.165) is 0 Å². The molecule has 0 aromatic rings. The lowest BCUT2D eigenvalue weighted by atomic mass is 9.90. The van der Waals surface area contributed by atoms with Crippen LogP contribution in [0.5, 0.6) is 0 Å². The predicted molar refractivity (Wildman–Crippen MR) is 81.7 cm³/mol. The zero-order valence-corrected chi connectivity index (χ0v) is 14.0. The highest BCUT2D eigenvalue weighted by atomic mass is 19.4. The Kier molecular flexibility index (Phi) is 8.06. The Morgan fingerprint density at radius 3 is 2.22 bits per heavy atom. The topological polar surface area (TPSA) is 81.6 Å². The molecule has 0 unspecified atom stereocenters. The van der Waals surface area contributed by atoms with E-state index < -0.39 is 29.5 Å². The zero-order chi connectivity index (χ0) is 18.3. The van der Waals surface area contributed by atoms with Gasteiger partial charge in [-0.25, -0.2) is 0 Å². The third kappa shape index (κ3) is 10.2. The van der Waals surface area contributed by atoms with E-state index in [9.17, 15) is 23.1 Å². The average molecular weight is 340 g/mol. The van der Waals surface area contributed by atoms with Crippen LogP contribution in [0, 0.1) is 5.41 Å². The van der Waals surface area contributed by atoms with Gasteiger partial charge in [0.15, 0.2) is 5.88 Å². The molecule has 0 radical (unpaired) electrons. The largest absolute Gasteiger partial charge is 0.495 e. The van der Waals surface area contributed by atoms with Crippen molar-refractivity contribution in [3.8, 4) is 0 Å². The number of alkyl halides is 3. The number of allylic oxidation sites excluding steroid dienone is 1. The molecule has 5 nitrogen and oxygen atoms in total. The van der Waals surface area contributed by atoms with Crippen molar-refractivity contribution in [2.75, 3.05) is 13.2 Å². The molecule has 0 aliphatic carbocycles. The number of carbonyl (C=O) groups is 1. The summed E-state index contributed by atoms with van der Waals surface area (Å²) in [4.78, 5) is 12.0. The van der Waals surface area contributed by atoms with Gasteiger partial charge in [-0.15, -0.1) is 0 Å². The van der Waals surface area contributed by atoms with E-state index in [1.807, 2.05) is 0 Å². The second-order valence-corrected chi connectivity index (χ2v) is 6.84. The number of hydrogen-bond acceptors (Lipinski definition) is 4. The molecular weight excluding hydrogens is 313 g/mol. The van der Waals surface area contributed by atoms with E-state index in [1.54, 1.807) is 13.8 Å². The molecule has 0 rings (SSSR count). The summed E-state index contributed by atoms with van der Waals surface area (Å²) in [5.74, 6) is -0.901. The molecule has 0 aromatic carbocycles. The number of hydrogen-bond donors (Lipinski definition) is 4. The molecule has 0 atom stereocenters. The van der Waals surface area contributed by atoms with E-state index in [2.05, 4.69) is 10.6 Å². The molecule has 0 saturated carbocycles. The summed E-state index contributed by atoms with van der Waals surface area (Å²) >= 11 is 0. The van der Waals surface area contributed by atoms with Crippen molar-refractivity contribution in [1.29, 1.82) is 0 Å². The molecule has 1 amide bonds. The van der Waals surface area contributed by atoms with Crippen LogP contribution in [-0.2, 0) is 4.79 Å². The Bertz CT molecular complexity index is 419. The van der Waals surface area contributed by atoms with Crippen molar-refractivity contribution in [3.05, 3.63) is 12.0 Å². The van der Waals surface area contributed by atoms with Gasteiger partial charge in [0, 0.05) is 13.0 Å². The first-order chi connectivity index (χ1) is 10.3. The van der Waals surface area contributed by atoms with Crippen LogP contribution in [0.15, 0.2) is 12.0 Å². The van der Waals surface area contributed by atoms with Crippen molar-refractivity contribution in [3.63, 3.8) is 0 Å². The first-order valence-electron chi connectivity index (χ1n) is 7.42. The van der Waals surface area contributed by atoms with E-state index in [1.165, 1.54) is 19.9 Å². The number of halogens is 3. The number of rotatable bonds is 9. The quantitative estimate of drug-likeness (QED) is 0.384. The van der Waals surface area contributed by atoms with Gasteiger partial charge >= 0.3 is 6.18 Å². The maximum absolute atomic E-state index is 12.1. The highest BCUT2D eigenvalue weighted by Gasteiger charge is 2.29. The summed E-state index contributed by atoms with van der Waals surface area (Å²) in [6, 6.07) is 0. The van der Waals surface area contributed by atoms with E-state index in [-0.39, 0.29) is 25.5 Å². The molecule has 0 aromatic heterocycles. The van der Waals surface area contributed by atoms with Gasteiger partial charge in [-0.3, -0.25) is 10.1 Å². The minimum atomic E-state index is -4.21. The number of aliphatic hydroxyl groups is 2. The van der Waals surface area contributed by atoms with Crippen LogP contribution >= 0.6 is 0 Å². The lowest BCUT2D eigenvalue weighted by Crippen LogP contribution is -2.52. The normalized spacial score (nSPS) is 14.0. The van der Waals surface area contributed by atoms with Crippen molar-refractivity contribution in [1.82, 2.24) is 10.6 Å². The van der Waals surface area contributed by atoms with Gasteiger partial charge in [-0.2, -0.15) is 13.2 Å². The summed E-state index contributed by atoms with van der Waals surface area (Å²) in [7, 11) is 0. The predicted octanol–water partition coefficient (Wildman–Crippen LogP) is 2.62. The first kappa shape index (κ1) is 21.7. The molecule has 0 heterocycles. The van der Waals surface area contributed by atoms with Crippen LogP contribution < -0.4 is 10.6 Å². The van der Waals surface area contributed by atoms with Crippen molar-refractivity contribution < 1.29 is 28.2 Å². The molecule has 0 bridgehead atoms. The van der Waals surface area contributed by atoms with Gasteiger partial charge in [-0.1, -0.05) is 13.8 Å². The summed E-state index contributed by atoms with van der Waals surface area (Å²) < 4.78 is 36.2. The van der Waals surface area contributed by atoms with Crippen molar-refractivity contribution >= 4 is 5.91 Å². The molecule has 0 aliphatic rings. The van der Waals surface area contributed by atoms with Crippen molar-refractivity contribution in [2.24, 2.45) is 5.41 Å². The van der Waals surface area contributed by atoms with Gasteiger partial charge in [-0.05, 0) is 44.7 Å². The lowest BCUT2D eigenvalue weighted by molar-refractivity contribution is -0.135. The number of nitrogens with one attached hydrogen (secondary N) is 2. The van der Waals surface area contributed by atoms with E-state index in [0.29, 0.717) is 6.42 Å². The fraction of sp³-hybridized carbons (Fsp3) is 0.800. The van der Waals surface area contributed by atoms with Crippen LogP contribution in [0.25, 0.3) is 0 Å². The molecule has 23 heavy (non-hydrogen) atoms. The summed E-state index contributed by atoms with van der Waals surface area (Å²) in [5.41, 5.74) is -1.55. The highest BCUT2D eigenvalue weighted by molar-refractivity contribution is 5.86. The Labute approximate surface area is 135 Å². The van der Waals surface area contributed by atoms with Gasteiger partial charge in [0.2, 0.25) is 5.91 Å². The average Bonchev–Trinajstić information content (AvgIpc) is 2.40. The van der Waals surface area contributed by atoms with Crippen LogP contribution in [0.4, 0.5) is 13.2 Å². The summed E-state index contributed by atoms with van der Waals surface area (Å²) in [5, 5.41) is 23.8. The van der Waals surface area contributed by atoms with Gasteiger partial charge in [0.25, 0.3) is 0 Å². The second kappa shape index (κ2) is 8.54. The second-order valence-electron chi connectivity index (χ2n) is 6.84. The highest BCUT2D eigenvalue weighted by Crippen LogP contribution is 2.21.